The summed E-state index contributed by atoms with van der Waals surface area (Å²) in [5.74, 6) is 0.484. The van der Waals surface area contributed by atoms with Crippen LogP contribution in [0.25, 0.3) is 0 Å². The Morgan fingerprint density at radius 1 is 1.14 bits per heavy atom. The van der Waals surface area contributed by atoms with Gasteiger partial charge < -0.3 is 4.74 Å². The second-order valence-electron chi connectivity index (χ2n) is 4.87. The molecule has 0 N–H and O–H groups in total. The lowest BCUT2D eigenvalue weighted by molar-refractivity contribution is -0.124. The number of carbonyl (C=O) groups excluding carboxylic acids is 1. The Balaban J connectivity index is 2.06. The van der Waals surface area contributed by atoms with Gasteiger partial charge in [-0.05, 0) is 37.1 Å². The van der Waals surface area contributed by atoms with Gasteiger partial charge in [-0.15, -0.1) is 0 Å². The van der Waals surface area contributed by atoms with Crippen molar-refractivity contribution >= 4 is 29.0 Å². The summed E-state index contributed by atoms with van der Waals surface area (Å²) in [5, 5.41) is 1.03. The van der Waals surface area contributed by atoms with Crippen LogP contribution in [0.3, 0.4) is 0 Å². The number of ether oxygens (including phenoxy) is 1. The van der Waals surface area contributed by atoms with Crippen molar-refractivity contribution in [2.75, 3.05) is 0 Å². The number of rotatable bonds is 5. The van der Waals surface area contributed by atoms with Gasteiger partial charge in [-0.1, -0.05) is 53.5 Å². The van der Waals surface area contributed by atoms with Crippen molar-refractivity contribution in [2.45, 2.75) is 26.4 Å². The summed E-state index contributed by atoms with van der Waals surface area (Å²) in [6, 6.07) is 13.0. The number of Topliss-reactive ketones (excluding diaryl/α,β-unsaturated/α-hetero) is 1. The van der Waals surface area contributed by atoms with Gasteiger partial charge in [0.25, 0.3) is 0 Å². The van der Waals surface area contributed by atoms with E-state index >= 15 is 0 Å². The molecular formula is C17H16Cl2O2. The van der Waals surface area contributed by atoms with Crippen LogP contribution in [-0.2, 0) is 11.2 Å². The van der Waals surface area contributed by atoms with Crippen LogP contribution in [0.15, 0.2) is 42.5 Å². The molecule has 2 rings (SSSR count). The van der Waals surface area contributed by atoms with E-state index in [1.165, 1.54) is 0 Å². The van der Waals surface area contributed by atoms with Crippen molar-refractivity contribution in [1.82, 2.24) is 0 Å². The minimum absolute atomic E-state index is 0.00451. The topological polar surface area (TPSA) is 26.3 Å². The van der Waals surface area contributed by atoms with Gasteiger partial charge in [0.1, 0.15) is 5.75 Å². The molecule has 1 unspecified atom stereocenters. The van der Waals surface area contributed by atoms with Crippen molar-refractivity contribution in [3.63, 3.8) is 0 Å². The molecule has 0 bridgehead atoms. The lowest BCUT2D eigenvalue weighted by atomic mass is 10.1. The number of ketones is 1. The van der Waals surface area contributed by atoms with Crippen LogP contribution in [0.4, 0.5) is 0 Å². The average Bonchev–Trinajstić information content (AvgIpc) is 2.48. The van der Waals surface area contributed by atoms with Crippen molar-refractivity contribution in [2.24, 2.45) is 0 Å². The van der Waals surface area contributed by atoms with Gasteiger partial charge in [0.2, 0.25) is 0 Å². The highest BCUT2D eigenvalue weighted by Gasteiger charge is 2.17. The molecule has 0 fully saturated rings. The third kappa shape index (κ3) is 3.99. The zero-order chi connectivity index (χ0) is 15.4. The highest BCUT2D eigenvalue weighted by Crippen LogP contribution is 2.33. The smallest absolute Gasteiger partial charge is 0.177 e. The predicted octanol–water partition coefficient (Wildman–Crippen LogP) is 4.88. The third-order valence-corrected chi connectivity index (χ3v) is 4.14. The maximum atomic E-state index is 12.2. The van der Waals surface area contributed by atoms with Crippen molar-refractivity contribution in [3.8, 4) is 5.75 Å². The molecular weight excluding hydrogens is 307 g/mol. The number of hydrogen-bond donors (Lipinski definition) is 0. The molecule has 0 aromatic heterocycles. The fourth-order valence-corrected chi connectivity index (χ4v) is 2.34. The number of carbonyl (C=O) groups is 1. The highest BCUT2D eigenvalue weighted by molar-refractivity contribution is 6.36. The molecule has 0 saturated heterocycles. The lowest BCUT2D eigenvalue weighted by Crippen LogP contribution is -2.25. The first-order chi connectivity index (χ1) is 9.99. The van der Waals surface area contributed by atoms with E-state index in [1.807, 2.05) is 37.3 Å². The summed E-state index contributed by atoms with van der Waals surface area (Å²) in [5.41, 5.74) is 1.72. The summed E-state index contributed by atoms with van der Waals surface area (Å²) < 4.78 is 5.67. The van der Waals surface area contributed by atoms with Gasteiger partial charge in [-0.3, -0.25) is 4.79 Å². The number of hydrogen-bond acceptors (Lipinski definition) is 2. The zero-order valence-electron chi connectivity index (χ0n) is 11.9. The van der Waals surface area contributed by atoms with Crippen LogP contribution < -0.4 is 4.74 Å². The molecule has 2 nitrogen and oxygen atoms in total. The van der Waals surface area contributed by atoms with E-state index < -0.39 is 6.10 Å². The molecule has 1 atom stereocenters. The summed E-state index contributed by atoms with van der Waals surface area (Å²) >= 11 is 12.2. The molecule has 21 heavy (non-hydrogen) atoms. The minimum atomic E-state index is -0.566. The largest absolute Gasteiger partial charge is 0.481 e. The molecule has 2 aromatic rings. The van der Waals surface area contributed by atoms with E-state index in [1.54, 1.807) is 19.1 Å². The molecule has 0 aliphatic carbocycles. The number of halogens is 2. The summed E-state index contributed by atoms with van der Waals surface area (Å²) in [4.78, 5) is 12.2. The van der Waals surface area contributed by atoms with Gasteiger partial charge in [-0.2, -0.15) is 0 Å². The fourth-order valence-electron chi connectivity index (χ4n) is 1.92. The van der Waals surface area contributed by atoms with Crippen LogP contribution in [0.5, 0.6) is 5.75 Å². The molecule has 2 aromatic carbocycles. The number of benzene rings is 2. The monoisotopic (exact) mass is 322 g/mol. The van der Waals surface area contributed by atoms with E-state index in [0.29, 0.717) is 22.2 Å². The van der Waals surface area contributed by atoms with E-state index in [2.05, 4.69) is 0 Å². The third-order valence-electron chi connectivity index (χ3n) is 3.26. The zero-order valence-corrected chi connectivity index (χ0v) is 13.4. The van der Waals surface area contributed by atoms with E-state index in [9.17, 15) is 4.79 Å². The van der Waals surface area contributed by atoms with Gasteiger partial charge >= 0.3 is 0 Å². The lowest BCUT2D eigenvalue weighted by Gasteiger charge is -2.16. The Hall–Kier alpha value is -1.51. The van der Waals surface area contributed by atoms with Crippen LogP contribution in [0.1, 0.15) is 18.1 Å². The quantitative estimate of drug-likeness (QED) is 0.784. The first kappa shape index (κ1) is 15.9. The Morgan fingerprint density at radius 2 is 1.81 bits per heavy atom. The molecule has 0 spiro atoms. The normalized spacial score (nSPS) is 12.0. The van der Waals surface area contributed by atoms with Gasteiger partial charge in [0.05, 0.1) is 5.02 Å². The van der Waals surface area contributed by atoms with Crippen LogP contribution >= 0.6 is 23.2 Å². The second kappa shape index (κ2) is 6.97. The summed E-state index contributed by atoms with van der Waals surface area (Å²) in [6.45, 7) is 3.54. The van der Waals surface area contributed by atoms with Crippen molar-refractivity contribution in [1.29, 1.82) is 0 Å². The predicted molar refractivity (Wildman–Crippen MR) is 86.4 cm³/mol. The molecule has 0 aliphatic heterocycles. The Bertz CT molecular complexity index is 639. The van der Waals surface area contributed by atoms with Crippen molar-refractivity contribution in [3.05, 3.63) is 63.6 Å². The molecule has 0 radical (unpaired) electrons. The van der Waals surface area contributed by atoms with E-state index in [4.69, 9.17) is 27.9 Å². The molecule has 4 heteroatoms. The Labute approximate surface area is 134 Å². The van der Waals surface area contributed by atoms with Crippen LogP contribution in [-0.4, -0.2) is 11.9 Å². The van der Waals surface area contributed by atoms with Crippen molar-refractivity contribution < 1.29 is 9.53 Å². The van der Waals surface area contributed by atoms with Crippen LogP contribution in [0, 0.1) is 6.92 Å². The molecule has 0 amide bonds. The molecule has 0 heterocycles. The maximum absolute atomic E-state index is 12.2. The average molecular weight is 323 g/mol. The summed E-state index contributed by atoms with van der Waals surface area (Å²) in [7, 11) is 0. The van der Waals surface area contributed by atoms with Gasteiger partial charge in [0, 0.05) is 11.4 Å². The second-order valence-corrected chi connectivity index (χ2v) is 5.66. The Morgan fingerprint density at radius 3 is 2.48 bits per heavy atom. The molecule has 0 saturated carbocycles. The SMILES string of the molecule is Cc1c(Cl)ccc(OC(C)C(=O)Cc2ccccc2)c1Cl. The Kier molecular flexibility index (Phi) is 5.27. The summed E-state index contributed by atoms with van der Waals surface area (Å²) in [6.07, 6.45) is -0.227. The highest BCUT2D eigenvalue weighted by atomic mass is 35.5. The van der Waals surface area contributed by atoms with Gasteiger partial charge in [0.15, 0.2) is 11.9 Å². The minimum Gasteiger partial charge on any atom is -0.481 e. The van der Waals surface area contributed by atoms with Gasteiger partial charge in [-0.25, -0.2) is 0 Å². The maximum Gasteiger partial charge on any atom is 0.177 e. The van der Waals surface area contributed by atoms with E-state index in [-0.39, 0.29) is 5.78 Å². The van der Waals surface area contributed by atoms with Crippen LogP contribution in [0.2, 0.25) is 10.0 Å². The standard InChI is InChI=1S/C17H16Cl2O2/c1-11-14(18)8-9-16(17(11)19)21-12(2)15(20)10-13-6-4-3-5-7-13/h3-9,12H,10H2,1-2H3. The first-order valence-electron chi connectivity index (χ1n) is 6.67. The molecule has 0 aliphatic rings. The van der Waals surface area contributed by atoms with E-state index in [0.717, 1.165) is 11.1 Å². The fraction of sp³-hybridized carbons (Fsp3) is 0.235. The first-order valence-corrected chi connectivity index (χ1v) is 7.42. The molecule has 110 valence electrons.